The van der Waals surface area contributed by atoms with E-state index >= 15 is 0 Å². The third kappa shape index (κ3) is 2.93. The molecule has 0 amide bonds. The molecule has 1 aliphatic carbocycles. The monoisotopic (exact) mass is 505 g/mol. The quantitative estimate of drug-likeness (QED) is 0.591. The molecule has 4 N–H and O–H groups in total. The molecular formula is C15H18Br3N5. The molecular weight excluding hydrogens is 490 g/mol. The van der Waals surface area contributed by atoms with Crippen molar-refractivity contribution in [1.29, 1.82) is 0 Å². The average Bonchev–Trinajstić information content (AvgIpc) is 2.48. The summed E-state index contributed by atoms with van der Waals surface area (Å²) in [5.74, 6) is 0.657. The van der Waals surface area contributed by atoms with Gasteiger partial charge in [-0.2, -0.15) is 4.99 Å². The van der Waals surface area contributed by atoms with E-state index < -0.39 is 5.66 Å². The molecule has 23 heavy (non-hydrogen) atoms. The van der Waals surface area contributed by atoms with E-state index in [1.165, 1.54) is 6.42 Å². The van der Waals surface area contributed by atoms with Gasteiger partial charge >= 0.3 is 0 Å². The van der Waals surface area contributed by atoms with Gasteiger partial charge in [-0.15, -0.1) is 0 Å². The van der Waals surface area contributed by atoms with Crippen molar-refractivity contribution in [2.24, 2.45) is 21.5 Å². The number of rotatable bonds is 1. The summed E-state index contributed by atoms with van der Waals surface area (Å²) in [5.41, 5.74) is 13.8. The Kier molecular flexibility index (Phi) is 4.77. The first-order valence-corrected chi connectivity index (χ1v) is 9.87. The molecule has 0 aromatic heterocycles. The van der Waals surface area contributed by atoms with Crippen LogP contribution in [0.25, 0.3) is 0 Å². The molecule has 3 rings (SSSR count). The Labute approximate surface area is 161 Å². The molecule has 1 aromatic carbocycles. The summed E-state index contributed by atoms with van der Waals surface area (Å²) in [6, 6.07) is 2.03. The first kappa shape index (κ1) is 17.2. The zero-order chi connectivity index (χ0) is 16.8. The van der Waals surface area contributed by atoms with Crippen LogP contribution in [-0.2, 0) is 0 Å². The van der Waals surface area contributed by atoms with Gasteiger partial charge in [-0.3, -0.25) is 4.90 Å². The minimum absolute atomic E-state index is 0.265. The van der Waals surface area contributed by atoms with E-state index in [-0.39, 0.29) is 5.96 Å². The lowest BCUT2D eigenvalue weighted by atomic mass is 9.87. The highest BCUT2D eigenvalue weighted by atomic mass is 79.9. The maximum Gasteiger partial charge on any atom is 0.220 e. The van der Waals surface area contributed by atoms with Crippen molar-refractivity contribution in [1.82, 2.24) is 0 Å². The van der Waals surface area contributed by atoms with Gasteiger partial charge in [0.25, 0.3) is 0 Å². The first-order valence-electron chi connectivity index (χ1n) is 7.49. The summed E-state index contributed by atoms with van der Waals surface area (Å²) in [5, 5.41) is 0. The molecule has 0 atom stereocenters. The van der Waals surface area contributed by atoms with Crippen LogP contribution in [0.5, 0.6) is 0 Å². The fourth-order valence-corrected chi connectivity index (χ4v) is 5.80. The van der Waals surface area contributed by atoms with Crippen molar-refractivity contribution < 1.29 is 0 Å². The lowest BCUT2D eigenvalue weighted by Gasteiger charge is -2.46. The van der Waals surface area contributed by atoms with Gasteiger partial charge in [0.15, 0.2) is 0 Å². The van der Waals surface area contributed by atoms with Gasteiger partial charge in [0.05, 0.1) is 5.69 Å². The fraction of sp³-hybridized carbons (Fsp3) is 0.467. The highest BCUT2D eigenvalue weighted by molar-refractivity contribution is 9.11. The zero-order valence-corrected chi connectivity index (χ0v) is 17.5. The summed E-state index contributed by atoms with van der Waals surface area (Å²) in [6.07, 6.45) is 5.25. The maximum atomic E-state index is 6.29. The summed E-state index contributed by atoms with van der Waals surface area (Å²) in [6.45, 7) is 2.05. The predicted molar refractivity (Wildman–Crippen MR) is 106 cm³/mol. The molecule has 0 saturated heterocycles. The maximum absolute atomic E-state index is 6.29. The van der Waals surface area contributed by atoms with Gasteiger partial charge in [-0.1, -0.05) is 22.4 Å². The number of halogens is 3. The van der Waals surface area contributed by atoms with Crippen molar-refractivity contribution in [3.05, 3.63) is 25.0 Å². The molecule has 2 aliphatic rings. The predicted octanol–water partition coefficient (Wildman–Crippen LogP) is 4.39. The van der Waals surface area contributed by atoms with E-state index in [0.717, 1.165) is 50.4 Å². The minimum Gasteiger partial charge on any atom is -0.369 e. The van der Waals surface area contributed by atoms with Gasteiger partial charge in [-0.05, 0) is 76.1 Å². The number of guanidine groups is 2. The number of aliphatic imine (C=N–C) groups is 2. The number of nitrogens with zero attached hydrogens (tertiary/aromatic N) is 3. The SMILES string of the molecule is Cc1c(Br)cc(Br)c(N2C(N)=NC(N)=NC23CCCCC3)c1Br. The van der Waals surface area contributed by atoms with Gasteiger partial charge in [0.1, 0.15) is 5.66 Å². The fourth-order valence-electron chi connectivity index (χ4n) is 3.33. The van der Waals surface area contributed by atoms with Gasteiger partial charge in [0.2, 0.25) is 11.9 Å². The van der Waals surface area contributed by atoms with E-state index in [9.17, 15) is 0 Å². The smallest absolute Gasteiger partial charge is 0.220 e. The molecule has 1 aromatic rings. The van der Waals surface area contributed by atoms with Crippen LogP contribution >= 0.6 is 47.8 Å². The van der Waals surface area contributed by atoms with Crippen LogP contribution in [-0.4, -0.2) is 17.6 Å². The van der Waals surface area contributed by atoms with Crippen LogP contribution < -0.4 is 16.4 Å². The minimum atomic E-state index is -0.445. The first-order chi connectivity index (χ1) is 10.9. The molecule has 5 nitrogen and oxygen atoms in total. The van der Waals surface area contributed by atoms with Crippen molar-refractivity contribution in [3.8, 4) is 0 Å². The van der Waals surface area contributed by atoms with E-state index in [1.807, 2.05) is 17.9 Å². The molecule has 0 bridgehead atoms. The highest BCUT2D eigenvalue weighted by Gasteiger charge is 2.44. The van der Waals surface area contributed by atoms with E-state index in [1.54, 1.807) is 0 Å². The summed E-state index contributed by atoms with van der Waals surface area (Å²) in [7, 11) is 0. The second-order valence-electron chi connectivity index (χ2n) is 5.95. The third-order valence-corrected chi connectivity index (χ3v) is 6.85. The van der Waals surface area contributed by atoms with Gasteiger partial charge < -0.3 is 11.5 Å². The van der Waals surface area contributed by atoms with Gasteiger partial charge in [0, 0.05) is 13.4 Å². The van der Waals surface area contributed by atoms with Gasteiger partial charge in [-0.25, -0.2) is 4.99 Å². The molecule has 8 heteroatoms. The highest BCUT2D eigenvalue weighted by Crippen LogP contribution is 2.47. The second-order valence-corrected chi connectivity index (χ2v) is 8.45. The summed E-state index contributed by atoms with van der Waals surface area (Å²) < 4.78 is 2.92. The Morgan fingerprint density at radius 2 is 1.74 bits per heavy atom. The van der Waals surface area contributed by atoms with Crippen molar-refractivity contribution in [3.63, 3.8) is 0 Å². The lowest BCUT2D eigenvalue weighted by molar-refractivity contribution is 0.305. The number of anilines is 1. The Morgan fingerprint density at radius 3 is 2.39 bits per heavy atom. The molecule has 0 unspecified atom stereocenters. The van der Waals surface area contributed by atoms with Crippen LogP contribution in [0.15, 0.2) is 29.5 Å². The molecule has 1 spiro atoms. The second kappa shape index (κ2) is 6.37. The van der Waals surface area contributed by atoms with E-state index in [2.05, 4.69) is 52.8 Å². The third-order valence-electron chi connectivity index (χ3n) is 4.45. The molecule has 1 saturated carbocycles. The Morgan fingerprint density at radius 1 is 1.09 bits per heavy atom. The normalized spacial score (nSPS) is 20.4. The average molecular weight is 508 g/mol. The number of nitrogens with two attached hydrogens (primary N) is 2. The van der Waals surface area contributed by atoms with Crippen LogP contribution in [0.2, 0.25) is 0 Å². The Balaban J connectivity index is 2.21. The molecule has 1 aliphatic heterocycles. The summed E-state index contributed by atoms with van der Waals surface area (Å²) >= 11 is 11.0. The van der Waals surface area contributed by atoms with Crippen LogP contribution in [0, 0.1) is 6.92 Å². The largest absolute Gasteiger partial charge is 0.369 e. The summed E-state index contributed by atoms with van der Waals surface area (Å²) in [4.78, 5) is 11.0. The van der Waals surface area contributed by atoms with Crippen molar-refractivity contribution >= 4 is 65.4 Å². The molecule has 124 valence electrons. The Bertz CT molecular complexity index is 708. The number of hydrogen-bond donors (Lipinski definition) is 2. The molecule has 1 heterocycles. The van der Waals surface area contributed by atoms with E-state index in [0.29, 0.717) is 5.96 Å². The number of benzene rings is 1. The molecule has 1 fully saturated rings. The van der Waals surface area contributed by atoms with Crippen molar-refractivity contribution in [2.75, 3.05) is 4.90 Å². The van der Waals surface area contributed by atoms with Crippen LogP contribution in [0.3, 0.4) is 0 Å². The van der Waals surface area contributed by atoms with Crippen molar-refractivity contribution in [2.45, 2.75) is 44.7 Å². The lowest BCUT2D eigenvalue weighted by Crippen LogP contribution is -2.58. The molecule has 0 radical (unpaired) electrons. The Hall–Kier alpha value is -0.600. The van der Waals surface area contributed by atoms with E-state index in [4.69, 9.17) is 16.5 Å². The van der Waals surface area contributed by atoms with Crippen LogP contribution in [0.4, 0.5) is 5.69 Å². The standard InChI is InChI=1S/C15H18Br3N5/c1-8-9(16)7-10(17)12(11(8)18)23-14(20)21-13(19)22-15(23)5-3-2-4-6-15/h7H,2-6H2,1H3,(H4,19,20,21,22). The van der Waals surface area contributed by atoms with Crippen LogP contribution in [0.1, 0.15) is 37.7 Å². The zero-order valence-electron chi connectivity index (χ0n) is 12.7. The number of hydrogen-bond acceptors (Lipinski definition) is 5. The topological polar surface area (TPSA) is 80.0 Å².